The van der Waals surface area contributed by atoms with E-state index in [0.29, 0.717) is 19.3 Å². The quantitative estimate of drug-likeness (QED) is 0.602. The lowest BCUT2D eigenvalue weighted by atomic mass is 9.47. The molecule has 4 bridgehead atoms. The summed E-state index contributed by atoms with van der Waals surface area (Å²) in [5.41, 5.74) is -2.45. The Labute approximate surface area is 211 Å². The van der Waals surface area contributed by atoms with Crippen molar-refractivity contribution < 1.29 is 38.3 Å². The Hall–Kier alpha value is -1.26. The van der Waals surface area contributed by atoms with Crippen molar-refractivity contribution in [3.8, 4) is 0 Å². The molecule has 10 unspecified atom stereocenters. The molecule has 0 radical (unpaired) electrons. The Kier molecular flexibility index (Phi) is 4.29. The summed E-state index contributed by atoms with van der Waals surface area (Å²) in [7, 11) is 1.55. The fourth-order valence-electron chi connectivity index (χ4n) is 9.14. The molecule has 10 atom stereocenters. The van der Waals surface area contributed by atoms with Crippen molar-refractivity contribution in [2.24, 2.45) is 22.7 Å². The van der Waals surface area contributed by atoms with Crippen LogP contribution in [0.25, 0.3) is 0 Å². The van der Waals surface area contributed by atoms with Crippen LogP contribution in [0.2, 0.25) is 0 Å². The first-order valence-electron chi connectivity index (χ1n) is 13.2. The Bertz CT molecular complexity index is 1140. The number of hydrogen-bond acceptors (Lipinski definition) is 8. The smallest absolute Gasteiger partial charge is 0.226 e. The molecule has 7 rings (SSSR count). The van der Waals surface area contributed by atoms with Crippen molar-refractivity contribution in [3.63, 3.8) is 0 Å². The Morgan fingerprint density at radius 3 is 2.44 bits per heavy atom. The average molecular weight is 503 g/mol. The molecule has 0 aromatic carbocycles. The third-order valence-corrected chi connectivity index (χ3v) is 10.8. The summed E-state index contributed by atoms with van der Waals surface area (Å²) in [6.07, 6.45) is 4.79. The molecular formula is C28H38O8. The molecule has 4 aliphatic heterocycles. The summed E-state index contributed by atoms with van der Waals surface area (Å²) in [6, 6.07) is 1.93. The highest BCUT2D eigenvalue weighted by Gasteiger charge is 2.92. The van der Waals surface area contributed by atoms with E-state index >= 15 is 0 Å². The van der Waals surface area contributed by atoms with Gasteiger partial charge in [0.2, 0.25) is 5.79 Å². The van der Waals surface area contributed by atoms with Crippen LogP contribution in [0, 0.1) is 22.7 Å². The highest BCUT2D eigenvalue weighted by atomic mass is 16.8. The van der Waals surface area contributed by atoms with Crippen molar-refractivity contribution in [2.75, 3.05) is 7.11 Å². The molecule has 1 aromatic rings. The summed E-state index contributed by atoms with van der Waals surface area (Å²) in [4.78, 5) is 0. The summed E-state index contributed by atoms with van der Waals surface area (Å²) < 4.78 is 39.3. The minimum Gasteiger partial charge on any atom is -0.472 e. The van der Waals surface area contributed by atoms with Gasteiger partial charge in [-0.05, 0) is 25.0 Å². The van der Waals surface area contributed by atoms with Gasteiger partial charge >= 0.3 is 0 Å². The van der Waals surface area contributed by atoms with Crippen LogP contribution in [-0.4, -0.2) is 58.1 Å². The van der Waals surface area contributed by atoms with Crippen LogP contribution >= 0.6 is 0 Å². The Morgan fingerprint density at radius 1 is 1.06 bits per heavy atom. The molecule has 2 aliphatic carbocycles. The molecule has 6 aliphatic rings. The van der Waals surface area contributed by atoms with Gasteiger partial charge in [0.15, 0.2) is 22.8 Å². The molecular weight excluding hydrogens is 464 g/mol. The summed E-state index contributed by atoms with van der Waals surface area (Å²) >= 11 is 0. The number of methoxy groups -OCH3 is 1. The first-order chi connectivity index (χ1) is 16.8. The predicted molar refractivity (Wildman–Crippen MR) is 126 cm³/mol. The SMILES string of the molecule is COC12OC34C5CC6(C(C)C)OC(c7ccoc7)C5(C)CCC3(O)OC(C(C)(C)C=C1C)C2(O)C4O6. The van der Waals surface area contributed by atoms with Gasteiger partial charge in [-0.3, -0.25) is 0 Å². The molecule has 5 fully saturated rings. The van der Waals surface area contributed by atoms with Crippen molar-refractivity contribution in [2.45, 2.75) is 108 Å². The minimum absolute atomic E-state index is 0.0300. The van der Waals surface area contributed by atoms with E-state index in [9.17, 15) is 10.2 Å². The van der Waals surface area contributed by atoms with Gasteiger partial charge in [0.1, 0.15) is 12.2 Å². The van der Waals surface area contributed by atoms with Crippen LogP contribution in [-0.2, 0) is 23.7 Å². The molecule has 1 aromatic heterocycles. The average Bonchev–Trinajstić information content (AvgIpc) is 3.40. The topological polar surface area (TPSA) is 99.8 Å². The normalized spacial score (nSPS) is 56.0. The largest absolute Gasteiger partial charge is 0.472 e. The number of furan rings is 1. The maximum Gasteiger partial charge on any atom is 0.226 e. The van der Waals surface area contributed by atoms with Crippen LogP contribution in [0.3, 0.4) is 0 Å². The van der Waals surface area contributed by atoms with Crippen LogP contribution in [0.4, 0.5) is 0 Å². The molecule has 1 spiro atoms. The van der Waals surface area contributed by atoms with E-state index in [1.807, 2.05) is 32.9 Å². The Morgan fingerprint density at radius 2 is 1.81 bits per heavy atom. The lowest BCUT2D eigenvalue weighted by Crippen LogP contribution is -2.86. The van der Waals surface area contributed by atoms with Crippen LogP contribution in [0.5, 0.6) is 0 Å². The number of fused-ring (bicyclic) bond motifs is 1. The first-order valence-corrected chi connectivity index (χ1v) is 13.2. The lowest BCUT2D eigenvalue weighted by molar-refractivity contribution is -0.496. The van der Waals surface area contributed by atoms with Gasteiger partial charge in [-0.1, -0.05) is 40.7 Å². The maximum absolute atomic E-state index is 12.9. The second-order valence-corrected chi connectivity index (χ2v) is 13.3. The van der Waals surface area contributed by atoms with Crippen molar-refractivity contribution in [3.05, 3.63) is 35.8 Å². The van der Waals surface area contributed by atoms with Gasteiger partial charge < -0.3 is 38.3 Å². The molecule has 36 heavy (non-hydrogen) atoms. The minimum atomic E-state index is -1.71. The highest BCUT2D eigenvalue weighted by Crippen LogP contribution is 2.77. The third-order valence-electron chi connectivity index (χ3n) is 10.8. The van der Waals surface area contributed by atoms with Crippen LogP contribution in [0.15, 0.2) is 34.7 Å². The lowest BCUT2D eigenvalue weighted by Gasteiger charge is -2.72. The van der Waals surface area contributed by atoms with Gasteiger partial charge in [0.05, 0.1) is 18.6 Å². The standard InChI is InChI=1S/C28H38O8/c1-15(2)24-13-18-23(6,19(33-24)17-8-11-32-14-17)9-10-25(29)27(18)21(34-24)26(30)20(35-25)22(4,5)12-16(3)28(26,31-7)36-27/h8,11-12,14-15,18-21,29-30H,9-10,13H2,1-7H3. The van der Waals surface area contributed by atoms with E-state index < -0.39 is 51.6 Å². The summed E-state index contributed by atoms with van der Waals surface area (Å²) in [5.74, 6) is -4.48. The van der Waals surface area contributed by atoms with Gasteiger partial charge in [0.25, 0.3) is 0 Å². The van der Waals surface area contributed by atoms with Gasteiger partial charge in [-0.2, -0.15) is 0 Å². The molecule has 4 saturated heterocycles. The zero-order chi connectivity index (χ0) is 25.7. The fraction of sp³-hybridized carbons (Fsp3) is 0.786. The molecule has 1 saturated carbocycles. The third kappa shape index (κ3) is 2.19. The van der Waals surface area contributed by atoms with E-state index in [-0.39, 0.29) is 17.9 Å². The number of ether oxygens (including phenoxy) is 5. The molecule has 0 amide bonds. The Balaban J connectivity index is 1.53. The monoisotopic (exact) mass is 502 g/mol. The zero-order valence-electron chi connectivity index (χ0n) is 22.2. The van der Waals surface area contributed by atoms with Crippen LogP contribution in [0.1, 0.15) is 72.5 Å². The number of hydrogen-bond donors (Lipinski definition) is 2. The van der Waals surface area contributed by atoms with E-state index in [4.69, 9.17) is 28.1 Å². The zero-order valence-corrected chi connectivity index (χ0v) is 22.2. The molecule has 8 heteroatoms. The van der Waals surface area contributed by atoms with E-state index in [1.165, 1.54) is 0 Å². The van der Waals surface area contributed by atoms with Crippen molar-refractivity contribution in [1.29, 1.82) is 0 Å². The highest BCUT2D eigenvalue weighted by molar-refractivity contribution is 5.43. The second kappa shape index (κ2) is 6.47. The van der Waals surface area contributed by atoms with Crippen LogP contribution < -0.4 is 0 Å². The second-order valence-electron chi connectivity index (χ2n) is 13.3. The molecule has 2 N–H and O–H groups in total. The van der Waals surface area contributed by atoms with Crippen molar-refractivity contribution in [1.82, 2.24) is 0 Å². The van der Waals surface area contributed by atoms with E-state index in [0.717, 1.165) is 11.1 Å². The summed E-state index contributed by atoms with van der Waals surface area (Å²) in [5, 5.41) is 25.3. The fourth-order valence-corrected chi connectivity index (χ4v) is 9.14. The number of rotatable bonds is 3. The van der Waals surface area contributed by atoms with Gasteiger partial charge in [-0.15, -0.1) is 0 Å². The molecule has 198 valence electrons. The van der Waals surface area contributed by atoms with E-state index in [2.05, 4.69) is 20.8 Å². The van der Waals surface area contributed by atoms with Gasteiger partial charge in [-0.25, -0.2) is 0 Å². The summed E-state index contributed by atoms with van der Waals surface area (Å²) in [6.45, 7) is 12.3. The van der Waals surface area contributed by atoms with Gasteiger partial charge in [0, 0.05) is 48.2 Å². The predicted octanol–water partition coefficient (Wildman–Crippen LogP) is 3.82. The molecule has 8 nitrogen and oxygen atoms in total. The molecule has 5 heterocycles. The maximum atomic E-state index is 12.9. The first kappa shape index (κ1) is 23.8. The van der Waals surface area contributed by atoms with E-state index in [1.54, 1.807) is 19.6 Å². The van der Waals surface area contributed by atoms with Crippen molar-refractivity contribution >= 4 is 0 Å². The number of aliphatic hydroxyl groups is 2.